The molecule has 0 radical (unpaired) electrons. The molecule has 0 bridgehead atoms. The first-order valence-corrected chi connectivity index (χ1v) is 20.3. The van der Waals surface area contributed by atoms with Crippen molar-refractivity contribution in [1.82, 2.24) is 0 Å². The Morgan fingerprint density at radius 1 is 0.738 bits per heavy atom. The van der Waals surface area contributed by atoms with Crippen molar-refractivity contribution in [2.75, 3.05) is 13.2 Å². The number of aliphatic hydroxyl groups is 9. The minimum absolute atomic E-state index is 0.00820. The fourth-order valence-electron chi connectivity index (χ4n) is 7.88. The molecule has 354 valence electrons. The Morgan fingerprint density at radius 2 is 1.40 bits per heavy atom. The standard InChI is InChI=1S/C43H50O22/c1-16-40(65-30(49)7-4-17-2-5-20(45)6-3-17)37(56)39(58)42(60-16)59-15-29-34(53)36(55)38(57)43(64-29)63-28-13-22-25(61-27-10-19(14-44)31(50)35(54)33(27)52)11-21(46)12-26(22)62-41(28)18-8-23(47)32(51)24(48)9-18/h2-9,11-13,16,19,27,29,31,33-48,50-58H,10,14-15H2,1H3/b7-4+/t16-,19+,27+,29+,31+,33-,34+,35-,36-,37-,38+,39+,40-,41?,42-,43+/m0/s1. The molecule has 7 rings (SSSR count). The van der Waals surface area contributed by atoms with Gasteiger partial charge in [0.15, 0.2) is 35.7 Å². The topological polar surface area (TPSA) is 365 Å². The van der Waals surface area contributed by atoms with Crippen LogP contribution in [0.5, 0.6) is 40.2 Å². The van der Waals surface area contributed by atoms with Gasteiger partial charge in [-0.3, -0.25) is 0 Å². The normalized spacial score (nSPS) is 34.8. The van der Waals surface area contributed by atoms with Gasteiger partial charge in [-0.15, -0.1) is 0 Å². The highest BCUT2D eigenvalue weighted by molar-refractivity contribution is 5.87. The highest BCUT2D eigenvalue weighted by atomic mass is 16.7. The third kappa shape index (κ3) is 10.0. The van der Waals surface area contributed by atoms with Gasteiger partial charge in [-0.25, -0.2) is 4.79 Å². The van der Waals surface area contributed by atoms with E-state index in [9.17, 15) is 76.3 Å². The van der Waals surface area contributed by atoms with Gasteiger partial charge in [-0.05, 0) is 55.3 Å². The molecule has 3 heterocycles. The number of carbonyl (C=O) groups is 1. The van der Waals surface area contributed by atoms with Crippen LogP contribution in [-0.4, -0.2) is 177 Å². The molecule has 0 spiro atoms. The zero-order valence-electron chi connectivity index (χ0n) is 34.2. The summed E-state index contributed by atoms with van der Waals surface area (Å²) in [6.45, 7) is 0.188. The third-order valence-corrected chi connectivity index (χ3v) is 11.6. The van der Waals surface area contributed by atoms with E-state index in [2.05, 4.69) is 0 Å². The van der Waals surface area contributed by atoms with Crippen molar-refractivity contribution >= 4 is 18.1 Å². The number of hydrogen-bond acceptors (Lipinski definition) is 22. The summed E-state index contributed by atoms with van der Waals surface area (Å²) in [7, 11) is 0. The molecule has 3 aliphatic heterocycles. The average molecular weight is 919 g/mol. The van der Waals surface area contributed by atoms with Crippen molar-refractivity contribution in [1.29, 1.82) is 0 Å². The van der Waals surface area contributed by atoms with E-state index in [1.807, 2.05) is 0 Å². The zero-order valence-corrected chi connectivity index (χ0v) is 34.2. The van der Waals surface area contributed by atoms with E-state index in [1.54, 1.807) is 12.1 Å². The Morgan fingerprint density at radius 3 is 2.08 bits per heavy atom. The lowest BCUT2D eigenvalue weighted by atomic mass is 9.81. The summed E-state index contributed by atoms with van der Waals surface area (Å²) >= 11 is 0. The van der Waals surface area contributed by atoms with Gasteiger partial charge in [0.2, 0.25) is 6.29 Å². The van der Waals surface area contributed by atoms with Gasteiger partial charge < -0.3 is 105 Å². The average Bonchev–Trinajstić information content (AvgIpc) is 3.27. The molecule has 1 unspecified atom stereocenters. The maximum Gasteiger partial charge on any atom is 0.331 e. The molecule has 1 saturated carbocycles. The van der Waals surface area contributed by atoms with Crippen LogP contribution in [0.3, 0.4) is 0 Å². The number of rotatable bonds is 12. The lowest BCUT2D eigenvalue weighted by molar-refractivity contribution is -0.325. The minimum Gasteiger partial charge on any atom is -0.508 e. The van der Waals surface area contributed by atoms with Gasteiger partial charge in [0.25, 0.3) is 0 Å². The molecular formula is C43H50O22. The van der Waals surface area contributed by atoms with E-state index in [0.717, 1.165) is 30.3 Å². The SMILES string of the molecule is C[C@@H]1O[C@H](OC[C@H]2O[C@@H](OC3=Cc4c(cc(O)cc4O[C@@H]4C[C@H](CO)[C@@H](O)[C@H](O)[C@H]4O)OC3c3cc(O)c(O)c(O)c3)[C@H](O)[C@@H](O)[C@@H]2O)[C@H](O)[C@H](O)[C@H]1OC(=O)/C=C/c1ccc(O)cc1. The summed E-state index contributed by atoms with van der Waals surface area (Å²) in [5, 5.41) is 147. The maximum atomic E-state index is 12.6. The first-order chi connectivity index (χ1) is 30.8. The first kappa shape index (κ1) is 47.5. The van der Waals surface area contributed by atoms with Gasteiger partial charge >= 0.3 is 5.97 Å². The van der Waals surface area contributed by atoms with Crippen molar-refractivity contribution in [2.45, 2.75) is 105 Å². The van der Waals surface area contributed by atoms with Gasteiger partial charge in [0, 0.05) is 36.3 Å². The zero-order chi connectivity index (χ0) is 47.0. The molecule has 14 N–H and O–H groups in total. The van der Waals surface area contributed by atoms with Gasteiger partial charge in [0.1, 0.15) is 83.7 Å². The van der Waals surface area contributed by atoms with Crippen LogP contribution in [-0.2, 0) is 28.5 Å². The smallest absolute Gasteiger partial charge is 0.331 e. The number of ether oxygens (including phenoxy) is 7. The molecule has 3 aromatic carbocycles. The molecule has 22 heteroatoms. The molecule has 22 nitrogen and oxygen atoms in total. The minimum atomic E-state index is -2.00. The second kappa shape index (κ2) is 19.6. The number of phenols is 5. The van der Waals surface area contributed by atoms with Crippen LogP contribution in [0.25, 0.3) is 12.2 Å². The largest absolute Gasteiger partial charge is 0.508 e. The molecule has 16 atom stereocenters. The van der Waals surface area contributed by atoms with Crippen molar-refractivity contribution in [3.8, 4) is 40.2 Å². The molecular weight excluding hydrogens is 868 g/mol. The lowest BCUT2D eigenvalue weighted by Crippen LogP contribution is -2.61. The first-order valence-electron chi connectivity index (χ1n) is 20.3. The van der Waals surface area contributed by atoms with Crippen molar-refractivity contribution in [2.24, 2.45) is 5.92 Å². The molecule has 0 amide bonds. The highest BCUT2D eigenvalue weighted by Crippen LogP contribution is 2.48. The van der Waals surface area contributed by atoms with Crippen LogP contribution in [0.4, 0.5) is 0 Å². The van der Waals surface area contributed by atoms with Gasteiger partial charge in [0.05, 0.1) is 24.4 Å². The molecule has 4 aliphatic rings. The van der Waals surface area contributed by atoms with Crippen LogP contribution >= 0.6 is 0 Å². The highest BCUT2D eigenvalue weighted by Gasteiger charge is 2.50. The summed E-state index contributed by atoms with van der Waals surface area (Å²) in [5.74, 6) is -5.25. The van der Waals surface area contributed by atoms with Crippen LogP contribution in [0.1, 0.15) is 36.1 Å². The number of aliphatic hydroxyl groups excluding tert-OH is 9. The van der Waals surface area contributed by atoms with E-state index in [1.165, 1.54) is 31.2 Å². The van der Waals surface area contributed by atoms with E-state index in [-0.39, 0.29) is 40.6 Å². The molecule has 3 aromatic rings. The number of aromatic hydroxyl groups is 5. The van der Waals surface area contributed by atoms with Crippen molar-refractivity contribution in [3.63, 3.8) is 0 Å². The Labute approximate surface area is 368 Å². The maximum absolute atomic E-state index is 12.6. The summed E-state index contributed by atoms with van der Waals surface area (Å²) in [4.78, 5) is 12.6. The molecule has 1 aliphatic carbocycles. The van der Waals surface area contributed by atoms with E-state index < -0.39 is 140 Å². The monoisotopic (exact) mass is 918 g/mol. The number of carbonyl (C=O) groups excluding carboxylic acids is 1. The van der Waals surface area contributed by atoms with Crippen LogP contribution < -0.4 is 9.47 Å². The predicted octanol–water partition coefficient (Wildman–Crippen LogP) is -1.54. The van der Waals surface area contributed by atoms with Gasteiger partial charge in [-0.1, -0.05) is 12.1 Å². The van der Waals surface area contributed by atoms with Crippen LogP contribution in [0, 0.1) is 5.92 Å². The summed E-state index contributed by atoms with van der Waals surface area (Å²) in [5.41, 5.74) is 0.490. The van der Waals surface area contributed by atoms with E-state index in [4.69, 9.17) is 33.2 Å². The third-order valence-electron chi connectivity index (χ3n) is 11.6. The second-order valence-electron chi connectivity index (χ2n) is 16.1. The van der Waals surface area contributed by atoms with Crippen molar-refractivity contribution < 1.29 is 109 Å². The molecule has 3 fully saturated rings. The molecule has 2 saturated heterocycles. The Balaban J connectivity index is 1.10. The Bertz CT molecular complexity index is 2190. The number of phenolic OH excluding ortho intramolecular Hbond substituents is 5. The Kier molecular flexibility index (Phi) is 14.3. The molecule has 0 aromatic heterocycles. The second-order valence-corrected chi connectivity index (χ2v) is 16.1. The van der Waals surface area contributed by atoms with Crippen molar-refractivity contribution in [3.05, 3.63) is 77.1 Å². The number of fused-ring (bicyclic) bond motifs is 1. The summed E-state index contributed by atoms with van der Waals surface area (Å²) < 4.78 is 40.9. The summed E-state index contributed by atoms with van der Waals surface area (Å²) in [6, 6.07) is 10.2. The van der Waals surface area contributed by atoms with Crippen LogP contribution in [0.15, 0.2) is 60.4 Å². The van der Waals surface area contributed by atoms with Crippen LogP contribution in [0.2, 0.25) is 0 Å². The number of esters is 1. The fraction of sp³-hybridized carbons (Fsp3) is 0.465. The number of benzene rings is 3. The Hall–Kier alpha value is -5.47. The number of hydrogen-bond donors (Lipinski definition) is 14. The fourth-order valence-corrected chi connectivity index (χ4v) is 7.88. The predicted molar refractivity (Wildman–Crippen MR) is 216 cm³/mol. The van der Waals surface area contributed by atoms with E-state index in [0.29, 0.717) is 5.56 Å². The molecule has 65 heavy (non-hydrogen) atoms. The summed E-state index contributed by atoms with van der Waals surface area (Å²) in [6.07, 6.45) is -20.9. The quantitative estimate of drug-likeness (QED) is 0.0556. The van der Waals surface area contributed by atoms with Gasteiger partial charge in [-0.2, -0.15) is 0 Å². The van der Waals surface area contributed by atoms with E-state index >= 15 is 0 Å². The lowest BCUT2D eigenvalue weighted by Gasteiger charge is -2.43.